The lowest BCUT2D eigenvalue weighted by Crippen LogP contribution is -2.23. The number of nitrogens with zero attached hydrogens (tertiary/aromatic N) is 3. The highest BCUT2D eigenvalue weighted by Gasteiger charge is 2.15. The Morgan fingerprint density at radius 1 is 1.29 bits per heavy atom. The van der Waals surface area contributed by atoms with Gasteiger partial charge in [-0.2, -0.15) is 0 Å². The minimum absolute atomic E-state index is 0.0686. The van der Waals surface area contributed by atoms with Crippen molar-refractivity contribution in [2.45, 2.75) is 13.5 Å². The third-order valence-electron chi connectivity index (χ3n) is 3.93. The monoisotopic (exact) mass is 446 g/mol. The largest absolute Gasteiger partial charge is 0.454 e. The first-order chi connectivity index (χ1) is 13.3. The van der Waals surface area contributed by atoms with Crippen molar-refractivity contribution in [3.05, 3.63) is 62.9 Å². The molecule has 1 heterocycles. The molecule has 1 aromatic heterocycles. The van der Waals surface area contributed by atoms with Crippen LogP contribution in [0.15, 0.2) is 46.9 Å². The van der Waals surface area contributed by atoms with Gasteiger partial charge in [-0.15, -0.1) is 0 Å². The van der Waals surface area contributed by atoms with Crippen LogP contribution in [0.5, 0.6) is 0 Å². The van der Waals surface area contributed by atoms with Gasteiger partial charge in [0.05, 0.1) is 21.6 Å². The lowest BCUT2D eigenvalue weighted by molar-refractivity contribution is -0.384. The van der Waals surface area contributed by atoms with E-state index in [0.29, 0.717) is 16.0 Å². The Hall–Kier alpha value is -3.27. The number of hydrogen-bond acceptors (Lipinski definition) is 6. The highest BCUT2D eigenvalue weighted by atomic mass is 79.9. The summed E-state index contributed by atoms with van der Waals surface area (Å²) in [6.07, 6.45) is 0. The lowest BCUT2D eigenvalue weighted by atomic mass is 10.3. The number of imidazole rings is 1. The van der Waals surface area contributed by atoms with E-state index in [9.17, 15) is 19.7 Å². The molecule has 0 fully saturated rings. The summed E-state index contributed by atoms with van der Waals surface area (Å²) in [5.41, 5.74) is 1.80. The molecule has 0 bridgehead atoms. The van der Waals surface area contributed by atoms with Crippen LogP contribution in [0.25, 0.3) is 11.0 Å². The molecule has 3 rings (SSSR count). The molecule has 0 atom stereocenters. The number of aryl methyl sites for hydroxylation is 1. The van der Waals surface area contributed by atoms with Crippen LogP contribution >= 0.6 is 15.9 Å². The number of non-ortho nitro benzene ring substituents is 1. The zero-order chi connectivity index (χ0) is 20.3. The molecule has 0 saturated heterocycles. The molecule has 144 valence electrons. The van der Waals surface area contributed by atoms with E-state index in [4.69, 9.17) is 4.74 Å². The van der Waals surface area contributed by atoms with Gasteiger partial charge in [0, 0.05) is 16.6 Å². The van der Waals surface area contributed by atoms with Gasteiger partial charge in [-0.25, -0.2) is 4.98 Å². The molecular weight excluding hydrogens is 432 g/mol. The molecule has 3 aromatic rings. The zero-order valence-corrected chi connectivity index (χ0v) is 16.3. The summed E-state index contributed by atoms with van der Waals surface area (Å²) in [6.45, 7) is 1.24. The number of carbonyl (C=O) groups is 2. The molecule has 0 spiro atoms. The van der Waals surface area contributed by atoms with Gasteiger partial charge in [0.15, 0.2) is 6.61 Å². The van der Waals surface area contributed by atoms with Crippen molar-refractivity contribution in [3.8, 4) is 0 Å². The van der Waals surface area contributed by atoms with Crippen LogP contribution in [0.1, 0.15) is 5.82 Å². The standard InChI is InChI=1S/C18H15BrN4O5/c1-11-20-15-4-2-3-5-16(15)22(11)9-18(25)28-10-17(24)21-14-7-6-12(23(26)27)8-13(14)19/h2-8H,9-10H2,1H3,(H,21,24). The first kappa shape index (κ1) is 19.5. The first-order valence-electron chi connectivity index (χ1n) is 8.16. The predicted octanol–water partition coefficient (Wildman–Crippen LogP) is 3.20. The predicted molar refractivity (Wildman–Crippen MR) is 105 cm³/mol. The number of anilines is 1. The normalized spacial score (nSPS) is 10.6. The number of aromatic nitrogens is 2. The number of carbonyl (C=O) groups excluding carboxylic acids is 2. The Bertz CT molecular complexity index is 1080. The second-order valence-electron chi connectivity index (χ2n) is 5.86. The molecule has 28 heavy (non-hydrogen) atoms. The molecule has 0 aliphatic rings. The SMILES string of the molecule is Cc1nc2ccccc2n1CC(=O)OCC(=O)Nc1ccc([N+](=O)[O-])cc1Br. The van der Waals surface area contributed by atoms with E-state index >= 15 is 0 Å². The third-order valence-corrected chi connectivity index (χ3v) is 4.59. The summed E-state index contributed by atoms with van der Waals surface area (Å²) >= 11 is 3.16. The molecule has 0 saturated carbocycles. The van der Waals surface area contributed by atoms with Crippen LogP contribution in [-0.2, 0) is 20.9 Å². The van der Waals surface area contributed by atoms with Crippen LogP contribution in [0.3, 0.4) is 0 Å². The van der Waals surface area contributed by atoms with Gasteiger partial charge >= 0.3 is 5.97 Å². The summed E-state index contributed by atoms with van der Waals surface area (Å²) in [6, 6.07) is 11.3. The number of rotatable bonds is 6. The average molecular weight is 447 g/mol. The number of halogens is 1. The van der Waals surface area contributed by atoms with E-state index in [1.807, 2.05) is 24.3 Å². The van der Waals surface area contributed by atoms with E-state index in [0.717, 1.165) is 11.0 Å². The first-order valence-corrected chi connectivity index (χ1v) is 8.95. The Morgan fingerprint density at radius 2 is 2.04 bits per heavy atom. The number of amides is 1. The van der Waals surface area contributed by atoms with E-state index in [-0.39, 0.29) is 12.2 Å². The van der Waals surface area contributed by atoms with Crippen LogP contribution in [0, 0.1) is 17.0 Å². The molecule has 1 N–H and O–H groups in total. The molecule has 10 heteroatoms. The third kappa shape index (κ3) is 4.34. The topological polar surface area (TPSA) is 116 Å². The highest BCUT2D eigenvalue weighted by Crippen LogP contribution is 2.27. The minimum atomic E-state index is -0.579. The summed E-state index contributed by atoms with van der Waals surface area (Å²) in [7, 11) is 0. The number of hydrogen-bond donors (Lipinski definition) is 1. The quantitative estimate of drug-likeness (QED) is 0.353. The van der Waals surface area contributed by atoms with Gasteiger partial charge in [-0.1, -0.05) is 12.1 Å². The molecule has 0 aliphatic carbocycles. The maximum atomic E-state index is 12.1. The summed E-state index contributed by atoms with van der Waals surface area (Å²) < 4.78 is 7.09. The van der Waals surface area contributed by atoms with Crippen LogP contribution < -0.4 is 5.32 Å². The second kappa shape index (κ2) is 8.17. The fraction of sp³-hybridized carbons (Fsp3) is 0.167. The van der Waals surface area contributed by atoms with Gasteiger partial charge in [-0.3, -0.25) is 19.7 Å². The molecular formula is C18H15BrN4O5. The fourth-order valence-corrected chi connectivity index (χ4v) is 3.09. The number of esters is 1. The van der Waals surface area contributed by atoms with Crippen LogP contribution in [0.4, 0.5) is 11.4 Å². The van der Waals surface area contributed by atoms with Crippen molar-refractivity contribution in [3.63, 3.8) is 0 Å². The smallest absolute Gasteiger partial charge is 0.326 e. The van der Waals surface area contributed by atoms with E-state index in [1.165, 1.54) is 18.2 Å². The van der Waals surface area contributed by atoms with Crippen molar-refractivity contribution >= 4 is 50.2 Å². The number of ether oxygens (including phenoxy) is 1. The summed E-state index contributed by atoms with van der Waals surface area (Å²) in [5, 5.41) is 13.3. The maximum Gasteiger partial charge on any atom is 0.326 e. The van der Waals surface area contributed by atoms with E-state index in [2.05, 4.69) is 26.2 Å². The average Bonchev–Trinajstić information content (AvgIpc) is 2.97. The van der Waals surface area contributed by atoms with Gasteiger partial charge in [0.2, 0.25) is 0 Å². The summed E-state index contributed by atoms with van der Waals surface area (Å²) in [5.74, 6) is -0.475. The lowest BCUT2D eigenvalue weighted by Gasteiger charge is -2.09. The van der Waals surface area contributed by atoms with Gasteiger partial charge < -0.3 is 14.6 Å². The fourth-order valence-electron chi connectivity index (χ4n) is 2.62. The molecule has 9 nitrogen and oxygen atoms in total. The van der Waals surface area contributed by atoms with Crippen molar-refractivity contribution in [2.75, 3.05) is 11.9 Å². The van der Waals surface area contributed by atoms with Gasteiger partial charge in [0.1, 0.15) is 12.4 Å². The number of nitrogens with one attached hydrogen (secondary N) is 1. The molecule has 1 amide bonds. The number of para-hydroxylation sites is 2. The Labute approximate surface area is 167 Å². The van der Waals surface area contributed by atoms with E-state index in [1.54, 1.807) is 11.5 Å². The number of nitro benzene ring substituents is 1. The van der Waals surface area contributed by atoms with Crippen LogP contribution in [-0.4, -0.2) is 33.0 Å². The molecule has 0 unspecified atom stereocenters. The van der Waals surface area contributed by atoms with Gasteiger partial charge in [-0.05, 0) is 41.1 Å². The maximum absolute atomic E-state index is 12.1. The Morgan fingerprint density at radius 3 is 2.75 bits per heavy atom. The molecule has 0 aliphatic heterocycles. The van der Waals surface area contributed by atoms with Crippen molar-refractivity contribution in [1.82, 2.24) is 9.55 Å². The highest BCUT2D eigenvalue weighted by molar-refractivity contribution is 9.10. The number of fused-ring (bicyclic) bond motifs is 1. The minimum Gasteiger partial charge on any atom is -0.454 e. The van der Waals surface area contributed by atoms with E-state index < -0.39 is 23.4 Å². The van der Waals surface area contributed by atoms with Crippen molar-refractivity contribution < 1.29 is 19.2 Å². The number of nitro groups is 1. The van der Waals surface area contributed by atoms with Crippen LogP contribution in [0.2, 0.25) is 0 Å². The zero-order valence-electron chi connectivity index (χ0n) is 14.7. The van der Waals surface area contributed by atoms with Crippen molar-refractivity contribution in [1.29, 1.82) is 0 Å². The second-order valence-corrected chi connectivity index (χ2v) is 6.72. The molecule has 2 aromatic carbocycles. The number of benzene rings is 2. The Balaban J connectivity index is 1.58. The van der Waals surface area contributed by atoms with Gasteiger partial charge in [0.25, 0.3) is 11.6 Å². The van der Waals surface area contributed by atoms with Crippen molar-refractivity contribution in [2.24, 2.45) is 0 Å². The summed E-state index contributed by atoms with van der Waals surface area (Å²) in [4.78, 5) is 38.7. The molecule has 0 radical (unpaired) electrons. The Kier molecular flexibility index (Phi) is 5.69.